The number of carbonyl (C=O) groups is 2. The van der Waals surface area contributed by atoms with E-state index in [-0.39, 0.29) is 45.7 Å². The van der Waals surface area contributed by atoms with Crippen molar-refractivity contribution in [3.63, 3.8) is 0 Å². The van der Waals surface area contributed by atoms with Crippen molar-refractivity contribution in [2.24, 2.45) is 0 Å². The van der Waals surface area contributed by atoms with E-state index < -0.39 is 11.9 Å². The molecule has 0 amide bonds. The van der Waals surface area contributed by atoms with Crippen molar-refractivity contribution in [1.29, 1.82) is 0 Å². The van der Waals surface area contributed by atoms with Crippen LogP contribution in [0.25, 0.3) is 0 Å². The fraction of sp³-hybridized carbons (Fsp3) is 0. The number of halogens is 1. The Morgan fingerprint density at radius 3 is 2.00 bits per heavy atom. The van der Waals surface area contributed by atoms with Crippen LogP contribution >= 0.6 is 11.6 Å². The number of hydrogen-bond acceptors (Lipinski definition) is 2. The molecule has 1 rings (SSSR count). The fourth-order valence-corrected chi connectivity index (χ4v) is 1.05. The molecule has 6 heteroatoms. The maximum Gasteiger partial charge on any atom is 1.00 e. The summed E-state index contributed by atoms with van der Waals surface area (Å²) in [7, 11) is 0. The third-order valence-corrected chi connectivity index (χ3v) is 1.68. The first kappa shape index (κ1) is 13.4. The van der Waals surface area contributed by atoms with E-state index in [0.717, 1.165) is 12.1 Å². The average Bonchev–Trinajstić information content (AvgIpc) is 2.03. The normalized spacial score (nSPS) is 8.93. The zero-order valence-electron chi connectivity index (χ0n) is 7.32. The molecule has 0 aromatic heterocycles. The Morgan fingerprint density at radius 2 is 1.57 bits per heavy atom. The topological polar surface area (TPSA) is 74.6 Å². The molecule has 0 saturated heterocycles. The van der Waals surface area contributed by atoms with Gasteiger partial charge in [0.25, 0.3) is 0 Å². The number of benzene rings is 1. The predicted molar refractivity (Wildman–Crippen MR) is 45.4 cm³/mol. The zero-order chi connectivity index (χ0) is 10.0. The van der Waals surface area contributed by atoms with Crippen LogP contribution < -0.4 is 29.6 Å². The minimum absolute atomic E-state index is 0. The summed E-state index contributed by atoms with van der Waals surface area (Å²) < 4.78 is 0. The van der Waals surface area contributed by atoms with Crippen LogP contribution in [0.15, 0.2) is 18.2 Å². The van der Waals surface area contributed by atoms with Gasteiger partial charge in [0.2, 0.25) is 0 Å². The van der Waals surface area contributed by atoms with E-state index in [9.17, 15) is 9.59 Å². The van der Waals surface area contributed by atoms with Crippen LogP contribution in [0, 0.1) is 0 Å². The molecular formula is C8H5ClNaO4+. The molecule has 0 heterocycles. The number of rotatable bonds is 2. The summed E-state index contributed by atoms with van der Waals surface area (Å²) >= 11 is 5.51. The minimum Gasteiger partial charge on any atom is -0.478 e. The van der Waals surface area contributed by atoms with Gasteiger partial charge in [0.05, 0.1) is 11.1 Å². The van der Waals surface area contributed by atoms with Gasteiger partial charge in [0.15, 0.2) is 0 Å². The Bertz CT molecular complexity index is 378. The van der Waals surface area contributed by atoms with Crippen molar-refractivity contribution in [3.05, 3.63) is 34.3 Å². The smallest absolute Gasteiger partial charge is 0.478 e. The Balaban J connectivity index is 0.00000169. The fourth-order valence-electron chi connectivity index (χ4n) is 0.880. The molecule has 0 aliphatic rings. The molecule has 1 aromatic rings. The average molecular weight is 224 g/mol. The van der Waals surface area contributed by atoms with Crippen LogP contribution in [0.3, 0.4) is 0 Å². The first-order chi connectivity index (χ1) is 6.02. The Kier molecular flexibility index (Phi) is 5.15. The van der Waals surface area contributed by atoms with Crippen LogP contribution in [0.4, 0.5) is 0 Å². The molecule has 0 atom stereocenters. The van der Waals surface area contributed by atoms with Crippen molar-refractivity contribution >= 4 is 23.5 Å². The molecule has 0 radical (unpaired) electrons. The molecule has 0 fully saturated rings. The molecule has 68 valence electrons. The molecule has 14 heavy (non-hydrogen) atoms. The second kappa shape index (κ2) is 5.36. The SMILES string of the molecule is O=C(O)c1ccc(Cl)cc1C(=O)O.[Na+]. The van der Waals surface area contributed by atoms with Crippen molar-refractivity contribution in [2.75, 3.05) is 0 Å². The summed E-state index contributed by atoms with van der Waals surface area (Å²) in [5, 5.41) is 17.4. The van der Waals surface area contributed by atoms with Crippen molar-refractivity contribution in [1.82, 2.24) is 0 Å². The maximum absolute atomic E-state index is 10.6. The molecule has 2 N–H and O–H groups in total. The van der Waals surface area contributed by atoms with Gasteiger partial charge in [-0.2, -0.15) is 0 Å². The molecule has 0 aliphatic carbocycles. The summed E-state index contributed by atoms with van der Waals surface area (Å²) in [6, 6.07) is 3.60. The first-order valence-electron chi connectivity index (χ1n) is 3.28. The van der Waals surface area contributed by atoms with Gasteiger partial charge < -0.3 is 10.2 Å². The van der Waals surface area contributed by atoms with E-state index in [1.165, 1.54) is 6.07 Å². The van der Waals surface area contributed by atoms with E-state index in [1.807, 2.05) is 0 Å². The van der Waals surface area contributed by atoms with Crippen molar-refractivity contribution < 1.29 is 49.4 Å². The van der Waals surface area contributed by atoms with Crippen LogP contribution in [-0.4, -0.2) is 22.2 Å². The molecule has 0 aliphatic heterocycles. The second-order valence-electron chi connectivity index (χ2n) is 2.30. The van der Waals surface area contributed by atoms with E-state index in [1.54, 1.807) is 0 Å². The van der Waals surface area contributed by atoms with Crippen LogP contribution in [-0.2, 0) is 0 Å². The molecular weight excluding hydrogens is 219 g/mol. The monoisotopic (exact) mass is 223 g/mol. The van der Waals surface area contributed by atoms with Crippen LogP contribution in [0.1, 0.15) is 20.7 Å². The summed E-state index contributed by atoms with van der Waals surface area (Å²) in [6.07, 6.45) is 0. The Labute approximate surface area is 107 Å². The van der Waals surface area contributed by atoms with Crippen molar-refractivity contribution in [3.8, 4) is 0 Å². The maximum atomic E-state index is 10.6. The summed E-state index contributed by atoms with van der Waals surface area (Å²) in [5.41, 5.74) is -0.572. The third kappa shape index (κ3) is 2.99. The number of aromatic carboxylic acids is 2. The second-order valence-corrected chi connectivity index (χ2v) is 2.74. The minimum atomic E-state index is -1.31. The van der Waals surface area contributed by atoms with Gasteiger partial charge in [-0.1, -0.05) is 11.6 Å². The quantitative estimate of drug-likeness (QED) is 0.614. The molecule has 1 aromatic carbocycles. The van der Waals surface area contributed by atoms with Gasteiger partial charge in [-0.15, -0.1) is 0 Å². The van der Waals surface area contributed by atoms with Gasteiger partial charge in [0.1, 0.15) is 0 Å². The molecule has 0 saturated carbocycles. The molecule has 0 spiro atoms. The number of hydrogen-bond donors (Lipinski definition) is 2. The van der Waals surface area contributed by atoms with Gasteiger partial charge in [-0.3, -0.25) is 0 Å². The van der Waals surface area contributed by atoms with E-state index >= 15 is 0 Å². The van der Waals surface area contributed by atoms with Crippen LogP contribution in [0.2, 0.25) is 5.02 Å². The zero-order valence-corrected chi connectivity index (χ0v) is 10.1. The van der Waals surface area contributed by atoms with Gasteiger partial charge in [-0.25, -0.2) is 9.59 Å². The summed E-state index contributed by atoms with van der Waals surface area (Å²) in [4.78, 5) is 21.1. The molecule has 0 bridgehead atoms. The third-order valence-electron chi connectivity index (χ3n) is 1.44. The summed E-state index contributed by atoms with van der Waals surface area (Å²) in [6.45, 7) is 0. The predicted octanol–water partition coefficient (Wildman–Crippen LogP) is -1.26. The van der Waals surface area contributed by atoms with E-state index in [2.05, 4.69) is 0 Å². The van der Waals surface area contributed by atoms with Crippen molar-refractivity contribution in [2.45, 2.75) is 0 Å². The first-order valence-corrected chi connectivity index (χ1v) is 3.66. The largest absolute Gasteiger partial charge is 1.00 e. The number of carboxylic acid groups (broad SMARTS) is 2. The Hall–Kier alpha value is -0.550. The Morgan fingerprint density at radius 1 is 1.07 bits per heavy atom. The number of carboxylic acids is 2. The molecule has 4 nitrogen and oxygen atoms in total. The van der Waals surface area contributed by atoms with E-state index in [0.29, 0.717) is 0 Å². The van der Waals surface area contributed by atoms with E-state index in [4.69, 9.17) is 21.8 Å². The van der Waals surface area contributed by atoms with Gasteiger partial charge >= 0.3 is 41.5 Å². The van der Waals surface area contributed by atoms with Gasteiger partial charge in [0, 0.05) is 5.02 Å². The molecule has 0 unspecified atom stereocenters. The van der Waals surface area contributed by atoms with Gasteiger partial charge in [-0.05, 0) is 18.2 Å². The van der Waals surface area contributed by atoms with Crippen LogP contribution in [0.5, 0.6) is 0 Å². The summed E-state index contributed by atoms with van der Waals surface area (Å²) in [5.74, 6) is -2.59. The standard InChI is InChI=1S/C8H5ClO4.Na/c9-4-1-2-5(7(10)11)6(3-4)8(12)13;/h1-3H,(H,10,11)(H,12,13);/q;+1.